The van der Waals surface area contributed by atoms with Gasteiger partial charge in [0, 0.05) is 13.0 Å². The van der Waals surface area contributed by atoms with Crippen LogP contribution in [0.1, 0.15) is 33.1 Å². The first kappa shape index (κ1) is 12.3. The Balaban J connectivity index is 2.01. The third-order valence-electron chi connectivity index (χ3n) is 3.42. The zero-order chi connectivity index (χ0) is 12.6. The Morgan fingerprint density at radius 1 is 1.53 bits per heavy atom. The van der Waals surface area contributed by atoms with Crippen molar-refractivity contribution in [2.24, 2.45) is 5.41 Å². The lowest BCUT2D eigenvalue weighted by Gasteiger charge is -2.40. The van der Waals surface area contributed by atoms with Crippen LogP contribution in [0.3, 0.4) is 0 Å². The van der Waals surface area contributed by atoms with Crippen molar-refractivity contribution in [2.45, 2.75) is 45.3 Å². The molecule has 2 rings (SSSR count). The molecule has 0 aromatic heterocycles. The molecule has 2 heterocycles. The largest absolute Gasteiger partial charge is 0.344 e. The lowest BCUT2D eigenvalue weighted by molar-refractivity contribution is -0.139. The van der Waals surface area contributed by atoms with Crippen LogP contribution in [0.4, 0.5) is 4.39 Å². The zero-order valence-corrected chi connectivity index (χ0v) is 10.3. The van der Waals surface area contributed by atoms with Crippen LogP contribution in [0, 0.1) is 5.41 Å². The van der Waals surface area contributed by atoms with Crippen molar-refractivity contribution in [2.75, 3.05) is 13.1 Å². The number of rotatable bonds is 1. The monoisotopic (exact) mass is 242 g/mol. The number of alkyl halides is 1. The predicted molar refractivity (Wildman–Crippen MR) is 61.0 cm³/mol. The number of hydrogen-bond acceptors (Lipinski definition) is 2. The minimum absolute atomic E-state index is 0.0866. The second-order valence-electron chi connectivity index (χ2n) is 5.84. The van der Waals surface area contributed by atoms with Gasteiger partial charge < -0.3 is 10.2 Å². The first-order chi connectivity index (χ1) is 7.87. The van der Waals surface area contributed by atoms with Gasteiger partial charge in [-0.15, -0.1) is 0 Å². The van der Waals surface area contributed by atoms with Gasteiger partial charge in [-0.1, -0.05) is 13.8 Å². The Morgan fingerprint density at radius 3 is 2.76 bits per heavy atom. The summed E-state index contributed by atoms with van der Waals surface area (Å²) in [5.74, 6) is -0.220. The smallest absolute Gasteiger partial charge is 0.245 e. The number of hydrogen-bond donors (Lipinski definition) is 1. The molecule has 2 atom stereocenters. The van der Waals surface area contributed by atoms with Crippen LogP contribution in [-0.4, -0.2) is 42.0 Å². The summed E-state index contributed by atoms with van der Waals surface area (Å²) in [5.41, 5.74) is -0.185. The lowest BCUT2D eigenvalue weighted by Crippen LogP contribution is -2.53. The molecule has 4 nitrogen and oxygen atoms in total. The summed E-state index contributed by atoms with van der Waals surface area (Å²) in [7, 11) is 0. The molecule has 1 N–H and O–H groups in total. The van der Waals surface area contributed by atoms with Gasteiger partial charge in [-0.2, -0.15) is 0 Å². The number of amides is 2. The van der Waals surface area contributed by atoms with Crippen molar-refractivity contribution >= 4 is 11.8 Å². The quantitative estimate of drug-likeness (QED) is 0.741. The van der Waals surface area contributed by atoms with Crippen LogP contribution < -0.4 is 5.32 Å². The van der Waals surface area contributed by atoms with Gasteiger partial charge in [0.1, 0.15) is 12.2 Å². The Bertz CT molecular complexity index is 343. The normalized spacial score (nSPS) is 32.4. The van der Waals surface area contributed by atoms with E-state index in [0.717, 1.165) is 0 Å². The molecule has 2 aliphatic rings. The predicted octanol–water partition coefficient (Wildman–Crippen LogP) is 0.862. The molecular weight excluding hydrogens is 223 g/mol. The third-order valence-corrected chi connectivity index (χ3v) is 3.42. The summed E-state index contributed by atoms with van der Waals surface area (Å²) in [6.45, 7) is 4.66. The van der Waals surface area contributed by atoms with E-state index in [1.54, 1.807) is 4.90 Å². The molecule has 0 aromatic carbocycles. The maximum Gasteiger partial charge on any atom is 0.245 e. The van der Waals surface area contributed by atoms with Gasteiger partial charge in [-0.05, 0) is 18.3 Å². The van der Waals surface area contributed by atoms with Crippen molar-refractivity contribution in [1.82, 2.24) is 10.2 Å². The van der Waals surface area contributed by atoms with E-state index in [0.29, 0.717) is 25.8 Å². The van der Waals surface area contributed by atoms with Gasteiger partial charge in [0.25, 0.3) is 0 Å². The Morgan fingerprint density at radius 2 is 2.24 bits per heavy atom. The van der Waals surface area contributed by atoms with E-state index in [9.17, 15) is 14.0 Å². The summed E-state index contributed by atoms with van der Waals surface area (Å²) in [6, 6.07) is -0.441. The number of halogens is 1. The molecule has 0 spiro atoms. The minimum Gasteiger partial charge on any atom is -0.344 e. The maximum atomic E-state index is 13.6. The van der Waals surface area contributed by atoms with E-state index in [2.05, 4.69) is 5.32 Å². The van der Waals surface area contributed by atoms with Gasteiger partial charge >= 0.3 is 0 Å². The van der Waals surface area contributed by atoms with Crippen molar-refractivity contribution in [1.29, 1.82) is 0 Å². The number of carbonyl (C=O) groups is 2. The molecule has 96 valence electrons. The average molecular weight is 242 g/mol. The van der Waals surface area contributed by atoms with E-state index < -0.39 is 12.2 Å². The van der Waals surface area contributed by atoms with Crippen LogP contribution in [0.2, 0.25) is 0 Å². The highest BCUT2D eigenvalue weighted by Crippen LogP contribution is 2.31. The van der Waals surface area contributed by atoms with Crippen molar-refractivity contribution in [3.8, 4) is 0 Å². The Labute approximate surface area is 101 Å². The van der Waals surface area contributed by atoms with Crippen LogP contribution in [-0.2, 0) is 9.59 Å². The number of nitrogens with zero attached hydrogens (tertiary/aromatic N) is 1. The first-order valence-electron chi connectivity index (χ1n) is 6.10. The zero-order valence-electron chi connectivity index (χ0n) is 10.3. The molecule has 0 saturated carbocycles. The second kappa shape index (κ2) is 4.27. The van der Waals surface area contributed by atoms with Gasteiger partial charge in [0.05, 0.1) is 6.54 Å². The second-order valence-corrected chi connectivity index (χ2v) is 5.84. The molecular formula is C12H19FN2O2. The van der Waals surface area contributed by atoms with Crippen LogP contribution in [0.5, 0.6) is 0 Å². The van der Waals surface area contributed by atoms with Gasteiger partial charge in [0.15, 0.2) is 0 Å². The van der Waals surface area contributed by atoms with Crippen LogP contribution in [0.15, 0.2) is 0 Å². The molecule has 0 unspecified atom stereocenters. The van der Waals surface area contributed by atoms with Gasteiger partial charge in [-0.3, -0.25) is 9.59 Å². The fraction of sp³-hybridized carbons (Fsp3) is 0.833. The maximum absolute atomic E-state index is 13.6. The molecule has 17 heavy (non-hydrogen) atoms. The standard InChI is InChI=1S/C12H19FN2O2/c1-12(2)5-8(13)6-15(7-12)11(17)9-3-4-10(16)14-9/h8-9H,3-7H2,1-2H3,(H,14,16)/t8-,9-/m0/s1. The topological polar surface area (TPSA) is 49.4 Å². The SMILES string of the molecule is CC1(C)C[C@H](F)CN(C(=O)[C@@H]2CCC(=O)N2)C1. The highest BCUT2D eigenvalue weighted by atomic mass is 19.1. The summed E-state index contributed by atoms with van der Waals surface area (Å²) < 4.78 is 13.6. The molecule has 5 heteroatoms. The highest BCUT2D eigenvalue weighted by Gasteiger charge is 2.38. The number of likely N-dealkylation sites (tertiary alicyclic amines) is 1. The molecule has 2 aliphatic heterocycles. The summed E-state index contributed by atoms with van der Waals surface area (Å²) in [4.78, 5) is 24.8. The number of piperidine rings is 1. The Hall–Kier alpha value is -1.13. The van der Waals surface area contributed by atoms with Crippen molar-refractivity contribution in [3.63, 3.8) is 0 Å². The molecule has 2 saturated heterocycles. The summed E-state index contributed by atoms with van der Waals surface area (Å²) >= 11 is 0. The Kier molecular flexibility index (Phi) is 3.10. The summed E-state index contributed by atoms with van der Waals surface area (Å²) in [5, 5.41) is 2.64. The molecule has 2 amide bonds. The van der Waals surface area contributed by atoms with Crippen LogP contribution >= 0.6 is 0 Å². The third kappa shape index (κ3) is 2.76. The number of nitrogens with one attached hydrogen (secondary N) is 1. The van der Waals surface area contributed by atoms with E-state index in [4.69, 9.17) is 0 Å². The highest BCUT2D eigenvalue weighted by molar-refractivity contribution is 5.90. The van der Waals surface area contributed by atoms with E-state index in [-0.39, 0.29) is 23.8 Å². The fourth-order valence-electron chi connectivity index (χ4n) is 2.74. The van der Waals surface area contributed by atoms with Crippen molar-refractivity contribution < 1.29 is 14.0 Å². The lowest BCUT2D eigenvalue weighted by atomic mass is 9.83. The molecule has 0 aromatic rings. The van der Waals surface area contributed by atoms with E-state index >= 15 is 0 Å². The first-order valence-corrected chi connectivity index (χ1v) is 6.10. The molecule has 0 aliphatic carbocycles. The minimum atomic E-state index is -0.959. The van der Waals surface area contributed by atoms with E-state index in [1.165, 1.54) is 0 Å². The van der Waals surface area contributed by atoms with Crippen molar-refractivity contribution in [3.05, 3.63) is 0 Å². The molecule has 0 radical (unpaired) electrons. The fourth-order valence-corrected chi connectivity index (χ4v) is 2.74. The van der Waals surface area contributed by atoms with E-state index in [1.807, 2.05) is 13.8 Å². The van der Waals surface area contributed by atoms with Gasteiger partial charge in [-0.25, -0.2) is 4.39 Å². The average Bonchev–Trinajstić information content (AvgIpc) is 2.60. The summed E-state index contributed by atoms with van der Waals surface area (Å²) in [6.07, 6.45) is 0.464. The number of carbonyl (C=O) groups excluding carboxylic acids is 2. The van der Waals surface area contributed by atoms with Crippen LogP contribution in [0.25, 0.3) is 0 Å². The van der Waals surface area contributed by atoms with Gasteiger partial charge in [0.2, 0.25) is 11.8 Å². The molecule has 2 fully saturated rings. The molecule has 0 bridgehead atoms.